The summed E-state index contributed by atoms with van der Waals surface area (Å²) in [6.45, 7) is 1.53. The molecule has 0 amide bonds. The monoisotopic (exact) mass is 483 g/mol. The molecule has 0 atom stereocenters. The van der Waals surface area contributed by atoms with E-state index in [0.717, 1.165) is 28.7 Å². The molecule has 3 N–H and O–H groups in total. The number of nitrogens with zero attached hydrogens (tertiary/aromatic N) is 3. The summed E-state index contributed by atoms with van der Waals surface area (Å²) in [6, 6.07) is 14.3. The number of sulfonamides is 1. The molecule has 0 aliphatic heterocycles. The molecular formula is C24H29N5O4S. The number of nitrogens with two attached hydrogens (primary N) is 1. The summed E-state index contributed by atoms with van der Waals surface area (Å²) in [4.78, 5) is 9.45. The van der Waals surface area contributed by atoms with Crippen LogP contribution in [0.15, 0.2) is 53.4 Å². The summed E-state index contributed by atoms with van der Waals surface area (Å²) in [7, 11) is -0.441. The zero-order valence-electron chi connectivity index (χ0n) is 19.3. The number of nitrogen functional groups attached to an aromatic ring is 1. The second-order valence-corrected chi connectivity index (χ2v) is 9.68. The van der Waals surface area contributed by atoms with Crippen LogP contribution in [-0.4, -0.2) is 50.3 Å². The standard InChI is InChI=1S/C24H29N5O4S/c1-32-15-12-21-28-22-23(19-10-3-4-11-20(19)27-24(22)25)29(21)14-6-5-13-26-34(30,31)18-9-7-8-17(16-18)33-2/h3-4,7-11,16,26H,5-6,12-15H2,1-2H3,(H2,25,27). The van der Waals surface area contributed by atoms with Crippen LogP contribution in [0.1, 0.15) is 18.7 Å². The number of imidazole rings is 1. The number of methoxy groups -OCH3 is 2. The Morgan fingerprint density at radius 2 is 1.88 bits per heavy atom. The minimum atomic E-state index is -3.61. The number of aromatic nitrogens is 3. The van der Waals surface area contributed by atoms with E-state index in [1.807, 2.05) is 24.3 Å². The van der Waals surface area contributed by atoms with E-state index < -0.39 is 10.0 Å². The maximum absolute atomic E-state index is 12.6. The fraction of sp³-hybridized carbons (Fsp3) is 0.333. The number of ether oxygens (including phenoxy) is 2. The molecule has 4 aromatic rings. The van der Waals surface area contributed by atoms with Crippen LogP contribution in [0.25, 0.3) is 21.9 Å². The summed E-state index contributed by atoms with van der Waals surface area (Å²) in [5.74, 6) is 1.77. The maximum Gasteiger partial charge on any atom is 0.240 e. The highest BCUT2D eigenvalue weighted by molar-refractivity contribution is 7.89. The number of hydrogen-bond acceptors (Lipinski definition) is 7. The molecule has 2 heterocycles. The van der Waals surface area contributed by atoms with Gasteiger partial charge in [0.1, 0.15) is 17.1 Å². The van der Waals surface area contributed by atoms with Gasteiger partial charge in [0.25, 0.3) is 0 Å². The van der Waals surface area contributed by atoms with Gasteiger partial charge in [-0.25, -0.2) is 23.1 Å². The lowest BCUT2D eigenvalue weighted by molar-refractivity contribution is 0.199. The first-order chi connectivity index (χ1) is 16.4. The molecule has 4 rings (SSSR count). The van der Waals surface area contributed by atoms with Crippen molar-refractivity contribution < 1.29 is 17.9 Å². The second kappa shape index (κ2) is 10.4. The average molecular weight is 484 g/mol. The third-order valence-corrected chi connectivity index (χ3v) is 7.13. The van der Waals surface area contributed by atoms with Crippen LogP contribution >= 0.6 is 0 Å². The van der Waals surface area contributed by atoms with Gasteiger partial charge in [-0.15, -0.1) is 0 Å². The van der Waals surface area contributed by atoms with E-state index >= 15 is 0 Å². The zero-order valence-corrected chi connectivity index (χ0v) is 20.1. The summed E-state index contributed by atoms with van der Waals surface area (Å²) in [5.41, 5.74) is 8.68. The van der Waals surface area contributed by atoms with Crippen molar-refractivity contribution in [3.05, 3.63) is 54.4 Å². The number of fused-ring (bicyclic) bond motifs is 3. The molecule has 0 bridgehead atoms. The van der Waals surface area contributed by atoms with Crippen molar-refractivity contribution in [2.45, 2.75) is 30.7 Å². The molecule has 0 saturated carbocycles. The molecule has 2 aromatic carbocycles. The first-order valence-corrected chi connectivity index (χ1v) is 12.6. The molecule has 0 aliphatic rings. The van der Waals surface area contributed by atoms with Crippen LogP contribution in [0.2, 0.25) is 0 Å². The molecule has 34 heavy (non-hydrogen) atoms. The molecule has 9 nitrogen and oxygen atoms in total. The number of hydrogen-bond donors (Lipinski definition) is 2. The Hall–Kier alpha value is -3.21. The lowest BCUT2D eigenvalue weighted by atomic mass is 10.2. The maximum atomic E-state index is 12.6. The van der Waals surface area contributed by atoms with E-state index in [0.29, 0.717) is 49.6 Å². The van der Waals surface area contributed by atoms with E-state index in [1.165, 1.54) is 13.2 Å². The van der Waals surface area contributed by atoms with Crippen molar-refractivity contribution >= 4 is 37.8 Å². The van der Waals surface area contributed by atoms with Gasteiger partial charge in [0.2, 0.25) is 10.0 Å². The average Bonchev–Trinajstić information content (AvgIpc) is 3.22. The van der Waals surface area contributed by atoms with Crippen molar-refractivity contribution in [3.63, 3.8) is 0 Å². The molecule has 0 radical (unpaired) electrons. The van der Waals surface area contributed by atoms with Gasteiger partial charge in [-0.3, -0.25) is 0 Å². The molecular weight excluding hydrogens is 454 g/mol. The number of para-hydroxylation sites is 1. The lowest BCUT2D eigenvalue weighted by Gasteiger charge is -2.12. The minimum absolute atomic E-state index is 0.184. The fourth-order valence-corrected chi connectivity index (χ4v) is 5.09. The van der Waals surface area contributed by atoms with Crippen LogP contribution in [0, 0.1) is 0 Å². The number of benzene rings is 2. The molecule has 0 saturated heterocycles. The quantitative estimate of drug-likeness (QED) is 0.314. The zero-order chi connectivity index (χ0) is 24.1. The SMILES string of the molecule is COCCc1nc2c(N)nc3ccccc3c2n1CCCCNS(=O)(=O)c1cccc(OC)c1. The number of anilines is 1. The number of nitrogens with one attached hydrogen (secondary N) is 1. The predicted molar refractivity (Wildman–Crippen MR) is 132 cm³/mol. The van der Waals surface area contributed by atoms with Gasteiger partial charge in [-0.05, 0) is 31.0 Å². The Kier molecular flexibility index (Phi) is 7.30. The van der Waals surface area contributed by atoms with Gasteiger partial charge < -0.3 is 19.8 Å². The Balaban J connectivity index is 1.50. The summed E-state index contributed by atoms with van der Waals surface area (Å²) in [6.07, 6.45) is 2.05. The smallest absolute Gasteiger partial charge is 0.240 e. The Bertz CT molecular complexity index is 1400. The first kappa shape index (κ1) is 23.9. The fourth-order valence-electron chi connectivity index (χ4n) is 3.98. The molecule has 180 valence electrons. The Morgan fingerprint density at radius 1 is 1.06 bits per heavy atom. The van der Waals surface area contributed by atoms with Gasteiger partial charge in [0, 0.05) is 38.1 Å². The van der Waals surface area contributed by atoms with Crippen LogP contribution in [-0.2, 0) is 27.7 Å². The second-order valence-electron chi connectivity index (χ2n) is 7.92. The number of rotatable bonds is 11. The number of aryl methyl sites for hydroxylation is 1. The highest BCUT2D eigenvalue weighted by Crippen LogP contribution is 2.29. The van der Waals surface area contributed by atoms with Crippen LogP contribution in [0.3, 0.4) is 0 Å². The molecule has 0 fully saturated rings. The Morgan fingerprint density at radius 3 is 2.68 bits per heavy atom. The van der Waals surface area contributed by atoms with Crippen molar-refractivity contribution in [2.24, 2.45) is 0 Å². The topological polar surface area (TPSA) is 121 Å². The van der Waals surface area contributed by atoms with E-state index in [2.05, 4.69) is 14.3 Å². The summed E-state index contributed by atoms with van der Waals surface area (Å²) < 4.78 is 40.4. The van der Waals surface area contributed by atoms with Gasteiger partial charge >= 0.3 is 0 Å². The summed E-state index contributed by atoms with van der Waals surface area (Å²) >= 11 is 0. The van der Waals surface area contributed by atoms with E-state index in [4.69, 9.17) is 20.2 Å². The molecule has 2 aromatic heterocycles. The van der Waals surface area contributed by atoms with Crippen LogP contribution in [0.5, 0.6) is 5.75 Å². The van der Waals surface area contributed by atoms with E-state index in [1.54, 1.807) is 25.3 Å². The van der Waals surface area contributed by atoms with Crippen LogP contribution in [0.4, 0.5) is 5.82 Å². The highest BCUT2D eigenvalue weighted by atomic mass is 32.2. The predicted octanol–water partition coefficient (Wildman–Crippen LogP) is 3.12. The Labute approximate surface area is 199 Å². The third kappa shape index (κ3) is 4.98. The number of pyridine rings is 1. The van der Waals surface area contributed by atoms with E-state index in [9.17, 15) is 8.42 Å². The molecule has 0 unspecified atom stereocenters. The molecule has 10 heteroatoms. The van der Waals surface area contributed by atoms with Crippen molar-refractivity contribution in [1.82, 2.24) is 19.3 Å². The summed E-state index contributed by atoms with van der Waals surface area (Å²) in [5, 5.41) is 0.988. The van der Waals surface area contributed by atoms with Gasteiger partial charge in [0.05, 0.1) is 29.6 Å². The first-order valence-electron chi connectivity index (χ1n) is 11.1. The number of unbranched alkanes of at least 4 members (excludes halogenated alkanes) is 1. The third-order valence-electron chi connectivity index (χ3n) is 5.67. The largest absolute Gasteiger partial charge is 0.497 e. The van der Waals surface area contributed by atoms with Gasteiger partial charge in [0.15, 0.2) is 5.82 Å². The van der Waals surface area contributed by atoms with E-state index in [-0.39, 0.29) is 4.90 Å². The normalized spacial score (nSPS) is 11.9. The lowest BCUT2D eigenvalue weighted by Crippen LogP contribution is -2.25. The van der Waals surface area contributed by atoms with Crippen molar-refractivity contribution in [2.75, 3.05) is 33.1 Å². The van der Waals surface area contributed by atoms with Crippen molar-refractivity contribution in [3.8, 4) is 5.75 Å². The van der Waals surface area contributed by atoms with Crippen molar-refractivity contribution in [1.29, 1.82) is 0 Å². The van der Waals surface area contributed by atoms with Gasteiger partial charge in [-0.1, -0.05) is 24.3 Å². The van der Waals surface area contributed by atoms with Crippen LogP contribution < -0.4 is 15.2 Å². The molecule has 0 aliphatic carbocycles. The molecule has 0 spiro atoms. The van der Waals surface area contributed by atoms with Gasteiger partial charge in [-0.2, -0.15) is 0 Å². The minimum Gasteiger partial charge on any atom is -0.497 e. The highest BCUT2D eigenvalue weighted by Gasteiger charge is 2.18.